The SMILES string of the molecule is CCCCn1c(N)c(N(CC)C(=O)c2ccccc2[N+](=O)[O-])c(=O)[nH]c1=O. The minimum Gasteiger partial charge on any atom is -0.383 e. The maximum absolute atomic E-state index is 12.9. The van der Waals surface area contributed by atoms with Gasteiger partial charge in [0.2, 0.25) is 0 Å². The number of nitrogens with one attached hydrogen (secondary N) is 1. The Hall–Kier alpha value is -3.43. The van der Waals surface area contributed by atoms with E-state index in [2.05, 4.69) is 4.98 Å². The van der Waals surface area contributed by atoms with Crippen molar-refractivity contribution in [3.8, 4) is 0 Å². The highest BCUT2D eigenvalue weighted by atomic mass is 16.6. The molecule has 0 atom stereocenters. The molecule has 27 heavy (non-hydrogen) atoms. The van der Waals surface area contributed by atoms with Crippen LogP contribution < -0.4 is 21.9 Å². The largest absolute Gasteiger partial charge is 0.383 e. The second kappa shape index (κ2) is 8.30. The van der Waals surface area contributed by atoms with Crippen LogP contribution in [0.5, 0.6) is 0 Å². The Kier molecular flexibility index (Phi) is 6.11. The van der Waals surface area contributed by atoms with E-state index in [1.807, 2.05) is 6.92 Å². The van der Waals surface area contributed by atoms with Gasteiger partial charge in [0, 0.05) is 19.2 Å². The summed E-state index contributed by atoms with van der Waals surface area (Å²) >= 11 is 0. The van der Waals surface area contributed by atoms with E-state index in [0.29, 0.717) is 6.42 Å². The third kappa shape index (κ3) is 3.89. The van der Waals surface area contributed by atoms with Gasteiger partial charge in [-0.3, -0.25) is 29.3 Å². The number of rotatable bonds is 7. The zero-order valence-corrected chi connectivity index (χ0v) is 15.1. The van der Waals surface area contributed by atoms with Crippen molar-refractivity contribution in [1.29, 1.82) is 0 Å². The fourth-order valence-corrected chi connectivity index (χ4v) is 2.74. The molecule has 1 aromatic heterocycles. The average Bonchev–Trinajstić information content (AvgIpc) is 2.64. The van der Waals surface area contributed by atoms with Gasteiger partial charge >= 0.3 is 5.69 Å². The number of carbonyl (C=O) groups is 1. The van der Waals surface area contributed by atoms with Crippen LogP contribution in [0, 0.1) is 10.1 Å². The zero-order valence-electron chi connectivity index (χ0n) is 15.1. The number of nitro benzene ring substituents is 1. The molecule has 0 saturated carbocycles. The summed E-state index contributed by atoms with van der Waals surface area (Å²) in [6, 6.07) is 5.44. The van der Waals surface area contributed by atoms with Gasteiger partial charge in [0.25, 0.3) is 17.2 Å². The number of amides is 1. The lowest BCUT2D eigenvalue weighted by Crippen LogP contribution is -2.41. The third-order valence-electron chi connectivity index (χ3n) is 4.11. The van der Waals surface area contributed by atoms with E-state index in [1.54, 1.807) is 6.92 Å². The van der Waals surface area contributed by atoms with Crippen LogP contribution in [-0.2, 0) is 6.54 Å². The first-order chi connectivity index (χ1) is 12.8. The number of nitrogens with two attached hydrogens (primary N) is 1. The molecule has 10 heteroatoms. The molecule has 0 fully saturated rings. The molecule has 0 aliphatic heterocycles. The van der Waals surface area contributed by atoms with E-state index in [9.17, 15) is 24.5 Å². The van der Waals surface area contributed by atoms with Crippen LogP contribution in [0.2, 0.25) is 0 Å². The maximum Gasteiger partial charge on any atom is 0.330 e. The zero-order chi connectivity index (χ0) is 20.1. The molecule has 0 aliphatic carbocycles. The number of anilines is 2. The van der Waals surface area contributed by atoms with E-state index < -0.39 is 22.1 Å². The molecule has 0 unspecified atom stereocenters. The molecule has 10 nitrogen and oxygen atoms in total. The van der Waals surface area contributed by atoms with E-state index in [1.165, 1.54) is 28.8 Å². The number of hydrogen-bond acceptors (Lipinski definition) is 6. The van der Waals surface area contributed by atoms with Crippen LogP contribution in [0.1, 0.15) is 37.0 Å². The van der Waals surface area contributed by atoms with E-state index >= 15 is 0 Å². The Morgan fingerprint density at radius 2 is 1.96 bits per heavy atom. The second-order valence-electron chi connectivity index (χ2n) is 5.82. The van der Waals surface area contributed by atoms with Gasteiger partial charge in [0.05, 0.1) is 4.92 Å². The Morgan fingerprint density at radius 1 is 1.30 bits per heavy atom. The van der Waals surface area contributed by atoms with Gasteiger partial charge in [-0.25, -0.2) is 4.79 Å². The van der Waals surface area contributed by atoms with Gasteiger partial charge < -0.3 is 10.6 Å². The number of nitro groups is 1. The van der Waals surface area contributed by atoms with E-state index in [4.69, 9.17) is 5.73 Å². The number of aromatic amines is 1. The van der Waals surface area contributed by atoms with Gasteiger partial charge in [0.15, 0.2) is 5.69 Å². The first kappa shape index (κ1) is 19.9. The molecule has 0 bridgehead atoms. The highest BCUT2D eigenvalue weighted by Crippen LogP contribution is 2.24. The predicted molar refractivity (Wildman–Crippen MR) is 101 cm³/mol. The molecule has 0 spiro atoms. The Bertz CT molecular complexity index is 978. The molecule has 1 amide bonds. The number of nitrogen functional groups attached to an aromatic ring is 1. The van der Waals surface area contributed by atoms with Crippen LogP contribution in [0.25, 0.3) is 0 Å². The van der Waals surface area contributed by atoms with Gasteiger partial charge in [-0.1, -0.05) is 25.5 Å². The van der Waals surface area contributed by atoms with E-state index in [-0.39, 0.29) is 35.8 Å². The van der Waals surface area contributed by atoms with Crippen LogP contribution in [0.15, 0.2) is 33.9 Å². The van der Waals surface area contributed by atoms with Crippen LogP contribution in [0.4, 0.5) is 17.2 Å². The number of aromatic nitrogens is 2. The normalized spacial score (nSPS) is 10.6. The number of hydrogen-bond donors (Lipinski definition) is 2. The fourth-order valence-electron chi connectivity index (χ4n) is 2.74. The molecule has 0 saturated heterocycles. The van der Waals surface area contributed by atoms with Crippen molar-refractivity contribution in [2.75, 3.05) is 17.2 Å². The van der Waals surface area contributed by atoms with Gasteiger partial charge in [-0.2, -0.15) is 0 Å². The fraction of sp³-hybridized carbons (Fsp3) is 0.353. The molecule has 2 rings (SSSR count). The lowest BCUT2D eigenvalue weighted by atomic mass is 10.1. The lowest BCUT2D eigenvalue weighted by molar-refractivity contribution is -0.385. The van der Waals surface area contributed by atoms with Crippen molar-refractivity contribution in [3.05, 3.63) is 60.8 Å². The summed E-state index contributed by atoms with van der Waals surface area (Å²) in [6.45, 7) is 3.85. The first-order valence-corrected chi connectivity index (χ1v) is 8.51. The third-order valence-corrected chi connectivity index (χ3v) is 4.11. The Morgan fingerprint density at radius 3 is 2.56 bits per heavy atom. The molecule has 144 valence electrons. The Labute approximate surface area is 154 Å². The molecule has 0 radical (unpaired) electrons. The summed E-state index contributed by atoms with van der Waals surface area (Å²) in [6.07, 6.45) is 1.45. The summed E-state index contributed by atoms with van der Waals surface area (Å²) in [4.78, 5) is 51.1. The monoisotopic (exact) mass is 375 g/mol. The van der Waals surface area contributed by atoms with Crippen molar-refractivity contribution >= 4 is 23.1 Å². The van der Waals surface area contributed by atoms with E-state index in [0.717, 1.165) is 11.3 Å². The molecule has 2 aromatic rings. The first-order valence-electron chi connectivity index (χ1n) is 8.51. The van der Waals surface area contributed by atoms with Crippen molar-refractivity contribution in [1.82, 2.24) is 9.55 Å². The lowest BCUT2D eigenvalue weighted by Gasteiger charge is -2.23. The summed E-state index contributed by atoms with van der Waals surface area (Å²) in [5.41, 5.74) is 3.80. The molecule has 3 N–H and O–H groups in total. The molecule has 1 aromatic carbocycles. The second-order valence-corrected chi connectivity index (χ2v) is 5.82. The van der Waals surface area contributed by atoms with Crippen LogP contribution in [0.3, 0.4) is 0 Å². The minimum atomic E-state index is -0.820. The highest BCUT2D eigenvalue weighted by molar-refractivity contribution is 6.09. The number of nitrogens with zero attached hydrogens (tertiary/aromatic N) is 3. The number of carbonyl (C=O) groups excluding carboxylic acids is 1. The molecule has 0 aliphatic rings. The highest BCUT2D eigenvalue weighted by Gasteiger charge is 2.28. The predicted octanol–water partition coefficient (Wildman–Crippen LogP) is 1.49. The van der Waals surface area contributed by atoms with Gasteiger partial charge in [0.1, 0.15) is 11.4 Å². The maximum atomic E-state index is 12.9. The minimum absolute atomic E-state index is 0.0319. The molecule has 1 heterocycles. The van der Waals surface area contributed by atoms with Crippen LogP contribution >= 0.6 is 0 Å². The van der Waals surface area contributed by atoms with Gasteiger partial charge in [-0.15, -0.1) is 0 Å². The smallest absolute Gasteiger partial charge is 0.330 e. The molecular weight excluding hydrogens is 354 g/mol. The number of para-hydroxylation sites is 1. The summed E-state index contributed by atoms with van der Waals surface area (Å²) in [7, 11) is 0. The standard InChI is InChI=1S/C17H21N5O5/c1-3-5-10-21-14(18)13(15(23)19-17(21)25)20(4-2)16(24)11-8-6-7-9-12(11)22(26)27/h6-9H,3-5,10,18H2,1-2H3,(H,19,23,25). The quantitative estimate of drug-likeness (QED) is 0.554. The van der Waals surface area contributed by atoms with Crippen molar-refractivity contribution in [2.45, 2.75) is 33.2 Å². The van der Waals surface area contributed by atoms with Crippen LogP contribution in [-0.4, -0.2) is 26.9 Å². The summed E-state index contributed by atoms with van der Waals surface area (Å²) < 4.78 is 1.19. The molecular formula is C17H21N5O5. The average molecular weight is 375 g/mol. The Balaban J connectivity index is 2.62. The summed E-state index contributed by atoms with van der Waals surface area (Å²) in [5.74, 6) is -0.895. The number of benzene rings is 1. The summed E-state index contributed by atoms with van der Waals surface area (Å²) in [5, 5.41) is 11.2. The van der Waals surface area contributed by atoms with Crippen molar-refractivity contribution in [3.63, 3.8) is 0 Å². The topological polar surface area (TPSA) is 144 Å². The van der Waals surface area contributed by atoms with Gasteiger partial charge in [-0.05, 0) is 19.4 Å². The number of H-pyrrole nitrogens is 1. The number of unbranched alkanes of at least 4 members (excludes halogenated alkanes) is 1. The van der Waals surface area contributed by atoms with Crippen molar-refractivity contribution < 1.29 is 9.72 Å². The van der Waals surface area contributed by atoms with Crippen molar-refractivity contribution in [2.24, 2.45) is 0 Å².